The van der Waals surface area contributed by atoms with Crippen molar-refractivity contribution in [3.63, 3.8) is 0 Å². The molecule has 28 heavy (non-hydrogen) atoms. The Balaban J connectivity index is 2.02. The molecule has 1 aliphatic rings. The van der Waals surface area contributed by atoms with Crippen LogP contribution in [0.1, 0.15) is 70.8 Å². The summed E-state index contributed by atoms with van der Waals surface area (Å²) >= 11 is 0. The molecule has 0 aliphatic heterocycles. The van der Waals surface area contributed by atoms with Crippen molar-refractivity contribution in [2.24, 2.45) is 7.05 Å². The number of rotatable bonds is 1. The summed E-state index contributed by atoms with van der Waals surface area (Å²) in [6.07, 6.45) is 1.93. The van der Waals surface area contributed by atoms with Gasteiger partial charge in [-0.1, -0.05) is 58.0 Å². The standard InChI is InChI=1S/C27H32N/c1-17-14-25(28(8)16-19(17)3)20-15-24-23(13-18(20)2)26(4,5)21-11-9-10-12-22(21)27(24,6)7/h9-16H,1-8H3/q+1/i1D3. The van der Waals surface area contributed by atoms with Crippen molar-refractivity contribution >= 4 is 0 Å². The van der Waals surface area contributed by atoms with Crippen LogP contribution in [-0.4, -0.2) is 0 Å². The quantitative estimate of drug-likeness (QED) is 0.456. The number of fused-ring (bicyclic) bond motifs is 2. The first kappa shape index (κ1) is 15.5. The lowest BCUT2D eigenvalue weighted by atomic mass is 9.59. The minimum Gasteiger partial charge on any atom is -0.201 e. The van der Waals surface area contributed by atoms with Crippen LogP contribution >= 0.6 is 0 Å². The van der Waals surface area contributed by atoms with E-state index in [1.54, 1.807) is 0 Å². The van der Waals surface area contributed by atoms with Gasteiger partial charge >= 0.3 is 0 Å². The van der Waals surface area contributed by atoms with E-state index < -0.39 is 6.85 Å². The minimum atomic E-state index is -2.13. The fraction of sp³-hybridized carbons (Fsp3) is 0.370. The van der Waals surface area contributed by atoms with E-state index in [0.29, 0.717) is 5.56 Å². The summed E-state index contributed by atoms with van der Waals surface area (Å²) in [5, 5.41) is 0. The van der Waals surface area contributed by atoms with Gasteiger partial charge in [-0.2, -0.15) is 0 Å². The Hall–Kier alpha value is -2.41. The maximum Gasteiger partial charge on any atom is 0.212 e. The van der Waals surface area contributed by atoms with Crippen molar-refractivity contribution in [1.29, 1.82) is 0 Å². The lowest BCUT2D eigenvalue weighted by Gasteiger charge is -2.44. The second kappa shape index (κ2) is 6.04. The van der Waals surface area contributed by atoms with E-state index in [4.69, 9.17) is 4.11 Å². The van der Waals surface area contributed by atoms with Crippen LogP contribution in [0.2, 0.25) is 0 Å². The predicted octanol–water partition coefficient (Wildman–Crippen LogP) is 6.07. The fourth-order valence-corrected chi connectivity index (χ4v) is 4.93. The third-order valence-corrected chi connectivity index (χ3v) is 6.73. The zero-order valence-corrected chi connectivity index (χ0v) is 18.1. The van der Waals surface area contributed by atoms with Crippen molar-refractivity contribution in [3.8, 4) is 11.3 Å². The summed E-state index contributed by atoms with van der Waals surface area (Å²) in [6.45, 7) is 11.1. The highest BCUT2D eigenvalue weighted by Gasteiger charge is 2.42. The molecule has 1 heterocycles. The Morgan fingerprint density at radius 2 is 1.32 bits per heavy atom. The molecule has 0 N–H and O–H groups in total. The average molecular weight is 374 g/mol. The third-order valence-electron chi connectivity index (χ3n) is 6.73. The molecule has 0 saturated heterocycles. The number of aryl methyl sites for hydroxylation is 4. The first-order valence-electron chi connectivity index (χ1n) is 11.5. The number of hydrogen-bond acceptors (Lipinski definition) is 0. The topological polar surface area (TPSA) is 3.88 Å². The van der Waals surface area contributed by atoms with Gasteiger partial charge in [0.2, 0.25) is 5.69 Å². The van der Waals surface area contributed by atoms with E-state index in [1.807, 2.05) is 30.8 Å². The van der Waals surface area contributed by atoms with Gasteiger partial charge in [0, 0.05) is 32.1 Å². The molecule has 0 saturated carbocycles. The number of aromatic nitrogens is 1. The van der Waals surface area contributed by atoms with E-state index in [9.17, 15) is 0 Å². The molecule has 1 nitrogen and oxygen atoms in total. The average Bonchev–Trinajstić information content (AvgIpc) is 2.66. The molecular weight excluding hydrogens is 338 g/mol. The van der Waals surface area contributed by atoms with E-state index in [-0.39, 0.29) is 10.8 Å². The molecule has 0 atom stereocenters. The third kappa shape index (κ3) is 2.56. The summed E-state index contributed by atoms with van der Waals surface area (Å²) in [4.78, 5) is 0. The Kier molecular flexibility index (Phi) is 3.35. The molecular formula is C27H32N+. The van der Waals surface area contributed by atoms with E-state index in [2.05, 4.69) is 71.0 Å². The molecule has 0 unspecified atom stereocenters. The Morgan fingerprint density at radius 1 is 0.750 bits per heavy atom. The van der Waals surface area contributed by atoms with Crippen LogP contribution in [0.4, 0.5) is 0 Å². The number of hydrogen-bond donors (Lipinski definition) is 0. The highest BCUT2D eigenvalue weighted by atomic mass is 14.9. The molecule has 1 aromatic heterocycles. The zero-order chi connectivity index (χ0) is 22.9. The summed E-state index contributed by atoms with van der Waals surface area (Å²) < 4.78 is 26.0. The molecule has 0 spiro atoms. The highest BCUT2D eigenvalue weighted by Crippen LogP contribution is 2.50. The van der Waals surface area contributed by atoms with Crippen molar-refractivity contribution in [3.05, 3.63) is 87.6 Å². The molecule has 0 fully saturated rings. The predicted molar refractivity (Wildman–Crippen MR) is 118 cm³/mol. The first-order valence-corrected chi connectivity index (χ1v) is 10.0. The summed E-state index contributed by atoms with van der Waals surface area (Å²) in [7, 11) is 1.99. The molecule has 0 amide bonds. The Labute approximate surface area is 174 Å². The largest absolute Gasteiger partial charge is 0.212 e. The van der Waals surface area contributed by atoms with Gasteiger partial charge in [-0.3, -0.25) is 0 Å². The molecule has 4 rings (SSSR count). The van der Waals surface area contributed by atoms with Crippen LogP contribution in [0, 0.1) is 20.7 Å². The van der Waals surface area contributed by atoms with Crippen LogP contribution in [0.5, 0.6) is 0 Å². The second-order valence-electron chi connectivity index (χ2n) is 9.37. The number of benzene rings is 2. The maximum absolute atomic E-state index is 7.97. The summed E-state index contributed by atoms with van der Waals surface area (Å²) in [6, 6.07) is 15.2. The van der Waals surface area contributed by atoms with Crippen LogP contribution in [0.25, 0.3) is 11.3 Å². The normalized spacial score (nSPS) is 18.5. The molecule has 144 valence electrons. The maximum atomic E-state index is 7.97. The van der Waals surface area contributed by atoms with Crippen LogP contribution < -0.4 is 4.57 Å². The van der Waals surface area contributed by atoms with Gasteiger partial charge in [0.1, 0.15) is 7.05 Å². The van der Waals surface area contributed by atoms with Gasteiger partial charge in [-0.05, 0) is 60.1 Å². The highest BCUT2D eigenvalue weighted by molar-refractivity contribution is 5.69. The number of nitrogens with zero attached hydrogens (tertiary/aromatic N) is 1. The van der Waals surface area contributed by atoms with Gasteiger partial charge in [0.05, 0.1) is 0 Å². The molecule has 1 aliphatic carbocycles. The summed E-state index contributed by atoms with van der Waals surface area (Å²) in [5.41, 5.74) is 9.57. The van der Waals surface area contributed by atoms with Gasteiger partial charge < -0.3 is 0 Å². The van der Waals surface area contributed by atoms with Crippen molar-refractivity contribution < 1.29 is 8.68 Å². The van der Waals surface area contributed by atoms with Crippen molar-refractivity contribution in [2.75, 3.05) is 0 Å². The number of pyridine rings is 1. The molecule has 1 heteroatoms. The van der Waals surface area contributed by atoms with Gasteiger partial charge in [-0.15, -0.1) is 0 Å². The SMILES string of the molecule is [2H]C([2H])([2H])c1cc(-c2cc3c(cc2C)C(C)(C)c2ccccc2C3(C)C)[n+](C)cc1C. The summed E-state index contributed by atoms with van der Waals surface area (Å²) in [5.74, 6) is 0. The van der Waals surface area contributed by atoms with Crippen LogP contribution in [0.3, 0.4) is 0 Å². The van der Waals surface area contributed by atoms with Crippen LogP contribution in [-0.2, 0) is 17.9 Å². The van der Waals surface area contributed by atoms with Gasteiger partial charge in [0.25, 0.3) is 0 Å². The van der Waals surface area contributed by atoms with Crippen molar-refractivity contribution in [1.82, 2.24) is 0 Å². The van der Waals surface area contributed by atoms with Gasteiger partial charge in [0.15, 0.2) is 6.20 Å². The van der Waals surface area contributed by atoms with E-state index in [1.165, 1.54) is 22.3 Å². The molecule has 0 radical (unpaired) electrons. The van der Waals surface area contributed by atoms with E-state index in [0.717, 1.165) is 22.4 Å². The first-order chi connectivity index (χ1) is 14.3. The Bertz CT molecular complexity index is 1200. The zero-order valence-electron chi connectivity index (χ0n) is 21.1. The molecule has 2 aromatic carbocycles. The lowest BCUT2D eigenvalue weighted by molar-refractivity contribution is -0.660. The molecule has 3 aromatic rings. The van der Waals surface area contributed by atoms with Gasteiger partial charge in [-0.25, -0.2) is 4.57 Å². The molecule has 0 bridgehead atoms. The lowest BCUT2D eigenvalue weighted by Crippen LogP contribution is -2.37. The second-order valence-corrected chi connectivity index (χ2v) is 9.37. The fourth-order valence-electron chi connectivity index (χ4n) is 4.93. The van der Waals surface area contributed by atoms with Crippen LogP contribution in [0.15, 0.2) is 48.7 Å². The Morgan fingerprint density at radius 3 is 1.89 bits per heavy atom. The van der Waals surface area contributed by atoms with Crippen molar-refractivity contribution in [2.45, 2.75) is 59.2 Å². The van der Waals surface area contributed by atoms with E-state index >= 15 is 0 Å². The minimum absolute atomic E-state index is 0.0932. The smallest absolute Gasteiger partial charge is 0.201 e. The monoisotopic (exact) mass is 373 g/mol.